The van der Waals surface area contributed by atoms with Crippen LogP contribution in [-0.4, -0.2) is 26.7 Å². The highest BCUT2D eigenvalue weighted by atomic mass is 16.6. The predicted molar refractivity (Wildman–Crippen MR) is 84.1 cm³/mol. The minimum absolute atomic E-state index is 0.0277. The Morgan fingerprint density at radius 1 is 1.38 bits per heavy atom. The van der Waals surface area contributed by atoms with Gasteiger partial charge in [0.05, 0.1) is 10.6 Å². The molecule has 0 N–H and O–H groups in total. The molecule has 0 spiro atoms. The third-order valence-electron chi connectivity index (χ3n) is 3.58. The number of nitro groups is 1. The van der Waals surface area contributed by atoms with E-state index in [1.807, 2.05) is 6.92 Å². The number of nitro benzene ring substituents is 1. The van der Waals surface area contributed by atoms with Crippen molar-refractivity contribution in [3.63, 3.8) is 0 Å². The Bertz CT molecular complexity index is 878. The Hall–Kier alpha value is -3.41. The van der Waals surface area contributed by atoms with Gasteiger partial charge in [0.2, 0.25) is 6.04 Å². The summed E-state index contributed by atoms with van der Waals surface area (Å²) >= 11 is 0. The molecule has 1 aromatic heterocycles. The van der Waals surface area contributed by atoms with Crippen LogP contribution in [0.15, 0.2) is 34.5 Å². The fourth-order valence-electron chi connectivity index (χ4n) is 2.00. The average molecular weight is 326 g/mol. The topological polar surface area (TPSA) is 127 Å². The van der Waals surface area contributed by atoms with Gasteiger partial charge in [0, 0.05) is 11.8 Å². The smallest absolute Gasteiger partial charge is 0.269 e. The molecule has 1 aromatic carbocycles. The molecular formula is C15H14N6O3. The molecule has 2 rings (SSSR count). The molecule has 24 heavy (non-hydrogen) atoms. The Morgan fingerprint density at radius 2 is 2.04 bits per heavy atom. The molecule has 0 fully saturated rings. The van der Waals surface area contributed by atoms with Gasteiger partial charge >= 0.3 is 0 Å². The van der Waals surface area contributed by atoms with E-state index in [1.165, 1.54) is 18.2 Å². The third-order valence-corrected chi connectivity index (χ3v) is 3.58. The quantitative estimate of drug-likeness (QED) is 0.484. The molecule has 0 saturated heterocycles. The highest BCUT2D eigenvalue weighted by Crippen LogP contribution is 2.26. The number of hydrogen-bond donors (Lipinski definition) is 0. The number of rotatable bonds is 4. The summed E-state index contributed by atoms with van der Waals surface area (Å²) in [6.45, 7) is 5.28. The van der Waals surface area contributed by atoms with Crippen molar-refractivity contribution in [2.45, 2.75) is 26.8 Å². The second-order valence-electron chi connectivity index (χ2n) is 5.04. The summed E-state index contributed by atoms with van der Waals surface area (Å²) < 4.78 is 1.11. The summed E-state index contributed by atoms with van der Waals surface area (Å²) in [5.41, 5.74) is 1.84. The molecule has 0 aliphatic carbocycles. The fourth-order valence-corrected chi connectivity index (χ4v) is 2.00. The van der Waals surface area contributed by atoms with Crippen LogP contribution < -0.4 is 0 Å². The van der Waals surface area contributed by atoms with Crippen LogP contribution >= 0.6 is 0 Å². The summed E-state index contributed by atoms with van der Waals surface area (Å²) in [6.07, 6.45) is 0. The molecular weight excluding hydrogens is 312 g/mol. The molecule has 0 aliphatic rings. The van der Waals surface area contributed by atoms with E-state index in [2.05, 4.69) is 15.3 Å². The maximum absolute atomic E-state index is 12.4. The van der Waals surface area contributed by atoms with Gasteiger partial charge in [0.15, 0.2) is 5.69 Å². The van der Waals surface area contributed by atoms with Gasteiger partial charge in [-0.1, -0.05) is 12.1 Å². The lowest BCUT2D eigenvalue weighted by molar-refractivity contribution is -0.384. The standard InChI is InChI=1S/C15H14N6O3/c1-9-10(2)19-20(11(9)3)15(22)13(8-16)18-17-12-6-4-5-7-14(12)21(23)24/h4-7,13H,1-3H3. The number of nitriles is 1. The van der Waals surface area contributed by atoms with Crippen LogP contribution in [0.4, 0.5) is 11.4 Å². The summed E-state index contributed by atoms with van der Waals surface area (Å²) in [5, 5.41) is 31.6. The Morgan fingerprint density at radius 3 is 2.58 bits per heavy atom. The molecule has 9 heteroatoms. The van der Waals surface area contributed by atoms with E-state index in [-0.39, 0.29) is 11.4 Å². The first-order valence-corrected chi connectivity index (χ1v) is 6.97. The van der Waals surface area contributed by atoms with Gasteiger partial charge in [0.25, 0.3) is 11.6 Å². The summed E-state index contributed by atoms with van der Waals surface area (Å²) in [6, 6.07) is 5.98. The molecule has 0 radical (unpaired) electrons. The number of para-hydroxylation sites is 1. The first kappa shape index (κ1) is 17.0. The van der Waals surface area contributed by atoms with Gasteiger partial charge in [-0.15, -0.1) is 5.11 Å². The Labute approximate surface area is 137 Å². The lowest BCUT2D eigenvalue weighted by Gasteiger charge is -2.04. The van der Waals surface area contributed by atoms with E-state index in [1.54, 1.807) is 26.0 Å². The lowest BCUT2D eigenvalue weighted by Crippen LogP contribution is -2.25. The summed E-state index contributed by atoms with van der Waals surface area (Å²) in [7, 11) is 0. The number of benzene rings is 1. The van der Waals surface area contributed by atoms with E-state index >= 15 is 0 Å². The molecule has 9 nitrogen and oxygen atoms in total. The van der Waals surface area contributed by atoms with Crippen molar-refractivity contribution in [2.75, 3.05) is 0 Å². The van der Waals surface area contributed by atoms with Crippen LogP contribution in [0.3, 0.4) is 0 Å². The zero-order valence-corrected chi connectivity index (χ0v) is 13.3. The zero-order valence-electron chi connectivity index (χ0n) is 13.3. The van der Waals surface area contributed by atoms with Gasteiger partial charge in [-0.2, -0.15) is 15.5 Å². The van der Waals surface area contributed by atoms with Crippen molar-refractivity contribution in [3.05, 3.63) is 51.3 Å². The number of carbonyl (C=O) groups is 1. The molecule has 0 amide bonds. The van der Waals surface area contributed by atoms with Crippen molar-refractivity contribution >= 4 is 17.3 Å². The predicted octanol–water partition coefficient (Wildman–Crippen LogP) is 3.03. The molecule has 0 saturated carbocycles. The third kappa shape index (κ3) is 3.17. The van der Waals surface area contributed by atoms with Crippen LogP contribution in [0, 0.1) is 42.2 Å². The fraction of sp³-hybridized carbons (Fsp3) is 0.267. The highest BCUT2D eigenvalue weighted by molar-refractivity contribution is 5.87. The van der Waals surface area contributed by atoms with E-state index in [0.717, 1.165) is 10.2 Å². The molecule has 1 heterocycles. The van der Waals surface area contributed by atoms with E-state index < -0.39 is 16.9 Å². The molecule has 0 bridgehead atoms. The average Bonchev–Trinajstić information content (AvgIpc) is 2.83. The maximum atomic E-state index is 12.4. The Balaban J connectivity index is 2.33. The van der Waals surface area contributed by atoms with Crippen LogP contribution in [0.2, 0.25) is 0 Å². The van der Waals surface area contributed by atoms with Crippen molar-refractivity contribution in [3.8, 4) is 6.07 Å². The van der Waals surface area contributed by atoms with E-state index in [4.69, 9.17) is 0 Å². The van der Waals surface area contributed by atoms with Crippen molar-refractivity contribution in [1.82, 2.24) is 9.78 Å². The number of aromatic nitrogens is 2. The SMILES string of the molecule is Cc1nn(C(=O)C(C#N)N=Nc2ccccc2[N+](=O)[O-])c(C)c1C. The van der Waals surface area contributed by atoms with Crippen LogP contribution in [0.5, 0.6) is 0 Å². The molecule has 1 atom stereocenters. The number of aryl methyl sites for hydroxylation is 1. The van der Waals surface area contributed by atoms with Crippen LogP contribution in [0.1, 0.15) is 21.7 Å². The monoisotopic (exact) mass is 326 g/mol. The number of azo groups is 1. The second kappa shape index (κ2) is 6.78. The molecule has 122 valence electrons. The maximum Gasteiger partial charge on any atom is 0.296 e. The van der Waals surface area contributed by atoms with Gasteiger partial charge in [-0.05, 0) is 32.4 Å². The van der Waals surface area contributed by atoms with Gasteiger partial charge in [-0.25, -0.2) is 4.68 Å². The lowest BCUT2D eigenvalue weighted by atomic mass is 10.2. The highest BCUT2D eigenvalue weighted by Gasteiger charge is 2.24. The number of nitrogens with zero attached hydrogens (tertiary/aromatic N) is 6. The van der Waals surface area contributed by atoms with Crippen molar-refractivity contribution < 1.29 is 9.72 Å². The largest absolute Gasteiger partial charge is 0.296 e. The van der Waals surface area contributed by atoms with Crippen molar-refractivity contribution in [1.29, 1.82) is 5.26 Å². The van der Waals surface area contributed by atoms with Crippen LogP contribution in [0.25, 0.3) is 0 Å². The summed E-state index contributed by atoms with van der Waals surface area (Å²) in [4.78, 5) is 22.7. The van der Waals surface area contributed by atoms with E-state index in [0.29, 0.717) is 11.4 Å². The summed E-state index contributed by atoms with van der Waals surface area (Å²) in [5.74, 6) is -0.659. The Kier molecular flexibility index (Phi) is 4.79. The first-order chi connectivity index (χ1) is 11.4. The van der Waals surface area contributed by atoms with Gasteiger partial charge < -0.3 is 0 Å². The van der Waals surface area contributed by atoms with Crippen molar-refractivity contribution in [2.24, 2.45) is 10.2 Å². The number of carbonyl (C=O) groups excluding carboxylic acids is 1. The van der Waals surface area contributed by atoms with Gasteiger partial charge in [-0.3, -0.25) is 14.9 Å². The normalized spacial score (nSPS) is 12.1. The molecule has 2 aromatic rings. The molecule has 1 unspecified atom stereocenters. The molecule has 0 aliphatic heterocycles. The van der Waals surface area contributed by atoms with Gasteiger partial charge in [0.1, 0.15) is 6.07 Å². The number of hydrogen-bond acceptors (Lipinski definition) is 7. The minimum atomic E-state index is -1.44. The first-order valence-electron chi connectivity index (χ1n) is 6.97. The van der Waals surface area contributed by atoms with E-state index in [9.17, 15) is 20.2 Å². The second-order valence-corrected chi connectivity index (χ2v) is 5.04. The minimum Gasteiger partial charge on any atom is -0.269 e. The van der Waals surface area contributed by atoms with Crippen LogP contribution in [-0.2, 0) is 0 Å². The zero-order chi connectivity index (χ0) is 17.9.